The third kappa shape index (κ3) is 4.08. The van der Waals surface area contributed by atoms with Gasteiger partial charge in [0.05, 0.1) is 7.11 Å². The van der Waals surface area contributed by atoms with Crippen molar-refractivity contribution in [2.45, 2.75) is 32.4 Å². The van der Waals surface area contributed by atoms with E-state index < -0.39 is 0 Å². The van der Waals surface area contributed by atoms with Gasteiger partial charge in [0.15, 0.2) is 0 Å². The van der Waals surface area contributed by atoms with Crippen LogP contribution in [-0.2, 0) is 6.54 Å². The summed E-state index contributed by atoms with van der Waals surface area (Å²) >= 11 is 0. The first kappa shape index (κ1) is 13.5. The van der Waals surface area contributed by atoms with E-state index in [2.05, 4.69) is 18.2 Å². The second kappa shape index (κ2) is 6.93. The highest BCUT2D eigenvalue weighted by molar-refractivity contribution is 5.28. The molecule has 1 atom stereocenters. The van der Waals surface area contributed by atoms with E-state index in [1.807, 2.05) is 0 Å². The summed E-state index contributed by atoms with van der Waals surface area (Å²) in [6.45, 7) is 2.54. The summed E-state index contributed by atoms with van der Waals surface area (Å²) in [5.74, 6) is 2.88. The highest BCUT2D eigenvalue weighted by Crippen LogP contribution is 2.16. The molecule has 1 aromatic rings. The average Bonchev–Trinajstić information content (AvgIpc) is 2.35. The molecule has 0 heterocycles. The van der Waals surface area contributed by atoms with Gasteiger partial charge in [-0.2, -0.15) is 0 Å². The maximum atomic E-state index is 13.6. The number of hydrogen-bond donors (Lipinski definition) is 1. The van der Waals surface area contributed by atoms with Crippen LogP contribution in [0, 0.1) is 18.2 Å². The van der Waals surface area contributed by atoms with Gasteiger partial charge in [0.1, 0.15) is 11.6 Å². The maximum absolute atomic E-state index is 13.6. The molecule has 0 aliphatic heterocycles. The van der Waals surface area contributed by atoms with Crippen LogP contribution in [0.25, 0.3) is 0 Å². The summed E-state index contributed by atoms with van der Waals surface area (Å²) in [6, 6.07) is 5.10. The fourth-order valence-corrected chi connectivity index (χ4v) is 1.56. The molecule has 92 valence electrons. The molecular formula is C14H18FNO. The predicted molar refractivity (Wildman–Crippen MR) is 67.3 cm³/mol. The van der Waals surface area contributed by atoms with E-state index in [4.69, 9.17) is 11.2 Å². The molecule has 0 radical (unpaired) electrons. The molecule has 0 amide bonds. The van der Waals surface area contributed by atoms with E-state index in [1.165, 1.54) is 13.2 Å². The Hall–Kier alpha value is -1.53. The molecule has 0 saturated heterocycles. The van der Waals surface area contributed by atoms with Gasteiger partial charge in [0.25, 0.3) is 0 Å². The molecule has 0 spiro atoms. The molecule has 0 aromatic heterocycles. The van der Waals surface area contributed by atoms with Crippen molar-refractivity contribution in [2.75, 3.05) is 7.11 Å². The van der Waals surface area contributed by atoms with Crippen LogP contribution >= 0.6 is 0 Å². The van der Waals surface area contributed by atoms with E-state index in [0.29, 0.717) is 24.3 Å². The third-order valence-corrected chi connectivity index (χ3v) is 2.70. The fraction of sp³-hybridized carbons (Fsp3) is 0.429. The van der Waals surface area contributed by atoms with Crippen molar-refractivity contribution in [2.24, 2.45) is 0 Å². The fourth-order valence-electron chi connectivity index (χ4n) is 1.56. The molecule has 1 rings (SSSR count). The van der Waals surface area contributed by atoms with Gasteiger partial charge < -0.3 is 10.1 Å². The number of halogens is 1. The predicted octanol–water partition coefficient (Wildman–Crippen LogP) is 2.73. The van der Waals surface area contributed by atoms with Crippen LogP contribution in [-0.4, -0.2) is 13.2 Å². The zero-order chi connectivity index (χ0) is 12.7. The molecule has 1 aromatic carbocycles. The summed E-state index contributed by atoms with van der Waals surface area (Å²) < 4.78 is 18.6. The lowest BCUT2D eigenvalue weighted by atomic mass is 10.1. The van der Waals surface area contributed by atoms with Crippen LogP contribution < -0.4 is 10.1 Å². The van der Waals surface area contributed by atoms with Crippen molar-refractivity contribution in [1.82, 2.24) is 5.32 Å². The number of hydrogen-bond acceptors (Lipinski definition) is 2. The van der Waals surface area contributed by atoms with E-state index in [1.54, 1.807) is 12.1 Å². The number of methoxy groups -OCH3 is 1. The van der Waals surface area contributed by atoms with Gasteiger partial charge >= 0.3 is 0 Å². The summed E-state index contributed by atoms with van der Waals surface area (Å²) in [5.41, 5.74) is 0.626. The molecule has 0 fully saturated rings. The Morgan fingerprint density at radius 1 is 1.53 bits per heavy atom. The minimum atomic E-state index is -0.257. The zero-order valence-electron chi connectivity index (χ0n) is 10.3. The molecule has 0 bridgehead atoms. The van der Waals surface area contributed by atoms with Crippen molar-refractivity contribution >= 4 is 0 Å². The Morgan fingerprint density at radius 3 is 2.82 bits per heavy atom. The van der Waals surface area contributed by atoms with Gasteiger partial charge in [-0.25, -0.2) is 4.39 Å². The van der Waals surface area contributed by atoms with Gasteiger partial charge in [-0.15, -0.1) is 12.3 Å². The second-order valence-electron chi connectivity index (χ2n) is 3.85. The van der Waals surface area contributed by atoms with E-state index in [-0.39, 0.29) is 11.9 Å². The zero-order valence-corrected chi connectivity index (χ0v) is 10.3. The van der Waals surface area contributed by atoms with Gasteiger partial charge in [0.2, 0.25) is 0 Å². The average molecular weight is 235 g/mol. The largest absolute Gasteiger partial charge is 0.497 e. The molecule has 2 nitrogen and oxygen atoms in total. The Labute approximate surface area is 102 Å². The molecule has 0 aliphatic carbocycles. The van der Waals surface area contributed by atoms with Crippen LogP contribution in [0.1, 0.15) is 25.3 Å². The SMILES string of the molecule is C#CCC(CC)NCc1ccc(OC)cc1F. The Kier molecular flexibility index (Phi) is 5.51. The first-order chi connectivity index (χ1) is 8.21. The van der Waals surface area contributed by atoms with Crippen molar-refractivity contribution in [3.05, 3.63) is 29.6 Å². The van der Waals surface area contributed by atoms with E-state index >= 15 is 0 Å². The topological polar surface area (TPSA) is 21.3 Å². The summed E-state index contributed by atoms with van der Waals surface area (Å²) in [4.78, 5) is 0. The number of nitrogens with one attached hydrogen (secondary N) is 1. The van der Waals surface area contributed by atoms with Crippen LogP contribution in [0.3, 0.4) is 0 Å². The summed E-state index contributed by atoms with van der Waals surface area (Å²) in [7, 11) is 1.52. The van der Waals surface area contributed by atoms with Gasteiger partial charge in [-0.3, -0.25) is 0 Å². The molecule has 17 heavy (non-hydrogen) atoms. The van der Waals surface area contributed by atoms with Crippen LogP contribution in [0.15, 0.2) is 18.2 Å². The monoisotopic (exact) mass is 235 g/mol. The normalized spacial score (nSPS) is 11.9. The number of terminal acetylenes is 1. The standard InChI is InChI=1S/C14H18FNO/c1-4-6-12(5-2)16-10-11-7-8-13(17-3)9-14(11)15/h1,7-9,12,16H,5-6,10H2,2-3H3. The second-order valence-corrected chi connectivity index (χ2v) is 3.85. The maximum Gasteiger partial charge on any atom is 0.131 e. The van der Waals surface area contributed by atoms with E-state index in [0.717, 1.165) is 6.42 Å². The van der Waals surface area contributed by atoms with Crippen molar-refractivity contribution in [3.63, 3.8) is 0 Å². The van der Waals surface area contributed by atoms with E-state index in [9.17, 15) is 4.39 Å². The highest BCUT2D eigenvalue weighted by atomic mass is 19.1. The van der Waals surface area contributed by atoms with Crippen molar-refractivity contribution in [1.29, 1.82) is 0 Å². The van der Waals surface area contributed by atoms with Gasteiger partial charge in [-0.05, 0) is 12.5 Å². The van der Waals surface area contributed by atoms with Crippen LogP contribution in [0.5, 0.6) is 5.75 Å². The molecule has 1 unspecified atom stereocenters. The lowest BCUT2D eigenvalue weighted by Gasteiger charge is -2.14. The van der Waals surface area contributed by atoms with Gasteiger partial charge in [-0.1, -0.05) is 13.0 Å². The van der Waals surface area contributed by atoms with Gasteiger partial charge in [0, 0.05) is 30.6 Å². The first-order valence-electron chi connectivity index (χ1n) is 5.70. The Balaban J connectivity index is 2.60. The summed E-state index contributed by atoms with van der Waals surface area (Å²) in [6.07, 6.45) is 6.85. The molecule has 3 heteroatoms. The van der Waals surface area contributed by atoms with Crippen molar-refractivity contribution < 1.29 is 9.13 Å². The molecule has 0 saturated carbocycles. The first-order valence-corrected chi connectivity index (χ1v) is 5.70. The highest BCUT2D eigenvalue weighted by Gasteiger charge is 2.07. The smallest absolute Gasteiger partial charge is 0.131 e. The third-order valence-electron chi connectivity index (χ3n) is 2.70. The van der Waals surface area contributed by atoms with Crippen LogP contribution in [0.4, 0.5) is 4.39 Å². The number of ether oxygens (including phenoxy) is 1. The lowest BCUT2D eigenvalue weighted by Crippen LogP contribution is -2.27. The molecular weight excluding hydrogens is 217 g/mol. The Morgan fingerprint density at radius 2 is 2.29 bits per heavy atom. The minimum Gasteiger partial charge on any atom is -0.497 e. The molecule has 1 N–H and O–H groups in total. The summed E-state index contributed by atoms with van der Waals surface area (Å²) in [5, 5.41) is 3.24. The number of rotatable bonds is 6. The molecule has 0 aliphatic rings. The van der Waals surface area contributed by atoms with Crippen LogP contribution in [0.2, 0.25) is 0 Å². The minimum absolute atomic E-state index is 0.238. The van der Waals surface area contributed by atoms with Crippen molar-refractivity contribution in [3.8, 4) is 18.1 Å². The lowest BCUT2D eigenvalue weighted by molar-refractivity contribution is 0.410. The Bertz CT molecular complexity index is 398. The quantitative estimate of drug-likeness (QED) is 0.765. The number of benzene rings is 1.